The van der Waals surface area contributed by atoms with Gasteiger partial charge in [-0.2, -0.15) is 0 Å². The molecule has 1 aromatic heterocycles. The van der Waals surface area contributed by atoms with Gasteiger partial charge < -0.3 is 19.7 Å². The number of aliphatic hydroxyl groups is 1. The number of nitrogens with zero attached hydrogens (tertiary/aromatic N) is 1. The molecule has 4 heteroatoms. The Hall–Kier alpha value is -2.56. The maximum absolute atomic E-state index is 10.3. The number of methoxy groups -OCH3 is 1. The highest BCUT2D eigenvalue weighted by molar-refractivity contribution is 5.28. The van der Waals surface area contributed by atoms with Crippen LogP contribution in [0.5, 0.6) is 5.75 Å². The van der Waals surface area contributed by atoms with Crippen LogP contribution in [0.3, 0.4) is 0 Å². The fourth-order valence-corrected chi connectivity index (χ4v) is 2.83. The number of nitrogens with one attached hydrogen (secondary N) is 1. The van der Waals surface area contributed by atoms with Gasteiger partial charge in [-0.05, 0) is 35.4 Å². The van der Waals surface area contributed by atoms with Crippen molar-refractivity contribution in [3.05, 3.63) is 89.7 Å². The van der Waals surface area contributed by atoms with E-state index in [-0.39, 0.29) is 0 Å². The second-order valence-corrected chi connectivity index (χ2v) is 6.03. The third-order valence-corrected chi connectivity index (χ3v) is 4.26. The van der Waals surface area contributed by atoms with E-state index < -0.39 is 6.10 Å². The normalized spacial score (nSPS) is 12.1. The van der Waals surface area contributed by atoms with E-state index in [1.165, 1.54) is 11.3 Å². The molecule has 0 bridgehead atoms. The first-order valence-electron chi connectivity index (χ1n) is 8.47. The summed E-state index contributed by atoms with van der Waals surface area (Å²) in [6.07, 6.45) is 1.55. The Labute approximate surface area is 148 Å². The number of hydrogen-bond acceptors (Lipinski definition) is 3. The molecule has 25 heavy (non-hydrogen) atoms. The molecule has 1 heterocycles. The van der Waals surface area contributed by atoms with Gasteiger partial charge in [0.25, 0.3) is 0 Å². The predicted octanol–water partition coefficient (Wildman–Crippen LogP) is 3.37. The van der Waals surface area contributed by atoms with Crippen LogP contribution in [0.1, 0.15) is 22.9 Å². The van der Waals surface area contributed by atoms with Crippen molar-refractivity contribution >= 4 is 0 Å². The van der Waals surface area contributed by atoms with Crippen LogP contribution in [0.15, 0.2) is 72.9 Å². The van der Waals surface area contributed by atoms with E-state index in [1.807, 2.05) is 30.3 Å². The van der Waals surface area contributed by atoms with Crippen molar-refractivity contribution in [3.8, 4) is 5.75 Å². The SMILES string of the molecule is COc1ccc([C@@H](O)CNCc2cccn2Cc2ccccc2)cc1. The Morgan fingerprint density at radius 3 is 2.48 bits per heavy atom. The number of aliphatic hydroxyl groups excluding tert-OH is 1. The molecule has 0 aliphatic carbocycles. The number of hydrogen-bond donors (Lipinski definition) is 2. The zero-order valence-electron chi connectivity index (χ0n) is 14.4. The lowest BCUT2D eigenvalue weighted by atomic mass is 10.1. The lowest BCUT2D eigenvalue weighted by Gasteiger charge is -2.14. The molecule has 4 nitrogen and oxygen atoms in total. The van der Waals surface area contributed by atoms with Gasteiger partial charge in [-0.3, -0.25) is 0 Å². The van der Waals surface area contributed by atoms with Crippen LogP contribution in [0, 0.1) is 0 Å². The van der Waals surface area contributed by atoms with Gasteiger partial charge in [0.1, 0.15) is 5.75 Å². The number of benzene rings is 2. The van der Waals surface area contributed by atoms with Crippen molar-refractivity contribution < 1.29 is 9.84 Å². The zero-order valence-corrected chi connectivity index (χ0v) is 14.4. The minimum Gasteiger partial charge on any atom is -0.497 e. The van der Waals surface area contributed by atoms with Crippen molar-refractivity contribution in [1.82, 2.24) is 9.88 Å². The molecular formula is C21H24N2O2. The molecular weight excluding hydrogens is 312 g/mol. The molecule has 0 unspecified atom stereocenters. The van der Waals surface area contributed by atoms with Crippen LogP contribution in [0.4, 0.5) is 0 Å². The Morgan fingerprint density at radius 2 is 1.76 bits per heavy atom. The fraction of sp³-hybridized carbons (Fsp3) is 0.238. The molecule has 0 spiro atoms. The van der Waals surface area contributed by atoms with E-state index in [1.54, 1.807) is 7.11 Å². The maximum Gasteiger partial charge on any atom is 0.118 e. The fourth-order valence-electron chi connectivity index (χ4n) is 2.83. The molecule has 0 radical (unpaired) electrons. The topological polar surface area (TPSA) is 46.4 Å². The molecule has 0 aliphatic heterocycles. The minimum absolute atomic E-state index is 0.503. The van der Waals surface area contributed by atoms with Gasteiger partial charge in [-0.25, -0.2) is 0 Å². The molecule has 130 valence electrons. The van der Waals surface area contributed by atoms with Crippen molar-refractivity contribution in [2.75, 3.05) is 13.7 Å². The van der Waals surface area contributed by atoms with E-state index in [0.29, 0.717) is 13.1 Å². The quantitative estimate of drug-likeness (QED) is 0.663. The van der Waals surface area contributed by atoms with Crippen LogP contribution >= 0.6 is 0 Å². The van der Waals surface area contributed by atoms with Gasteiger partial charge in [0.15, 0.2) is 0 Å². The van der Waals surface area contributed by atoms with Crippen LogP contribution in [0.25, 0.3) is 0 Å². The average molecular weight is 336 g/mol. The first-order valence-corrected chi connectivity index (χ1v) is 8.47. The van der Waals surface area contributed by atoms with Gasteiger partial charge in [0, 0.05) is 31.5 Å². The van der Waals surface area contributed by atoms with Crippen LogP contribution in [0.2, 0.25) is 0 Å². The lowest BCUT2D eigenvalue weighted by molar-refractivity contribution is 0.174. The Morgan fingerprint density at radius 1 is 1.00 bits per heavy atom. The average Bonchev–Trinajstić information content (AvgIpc) is 3.09. The molecule has 0 fully saturated rings. The minimum atomic E-state index is -0.538. The smallest absolute Gasteiger partial charge is 0.118 e. The summed E-state index contributed by atoms with van der Waals surface area (Å²) in [5.41, 5.74) is 3.36. The summed E-state index contributed by atoms with van der Waals surface area (Å²) < 4.78 is 7.37. The summed E-state index contributed by atoms with van der Waals surface area (Å²) in [7, 11) is 1.64. The molecule has 2 N–H and O–H groups in total. The summed E-state index contributed by atoms with van der Waals surface area (Å²) in [5, 5.41) is 13.6. The largest absolute Gasteiger partial charge is 0.497 e. The monoisotopic (exact) mass is 336 g/mol. The molecule has 2 aromatic carbocycles. The van der Waals surface area contributed by atoms with Gasteiger partial charge >= 0.3 is 0 Å². The summed E-state index contributed by atoms with van der Waals surface area (Å²) >= 11 is 0. The molecule has 1 atom stereocenters. The van der Waals surface area contributed by atoms with Crippen LogP contribution < -0.4 is 10.1 Å². The molecule has 3 aromatic rings. The van der Waals surface area contributed by atoms with E-state index >= 15 is 0 Å². The highest BCUT2D eigenvalue weighted by Crippen LogP contribution is 2.17. The third kappa shape index (κ3) is 4.72. The summed E-state index contributed by atoms with van der Waals surface area (Å²) in [6, 6.07) is 22.1. The number of ether oxygens (including phenoxy) is 1. The van der Waals surface area contributed by atoms with Crippen molar-refractivity contribution in [1.29, 1.82) is 0 Å². The number of rotatable bonds is 8. The van der Waals surface area contributed by atoms with Crippen molar-refractivity contribution in [3.63, 3.8) is 0 Å². The maximum atomic E-state index is 10.3. The summed E-state index contributed by atoms with van der Waals surface area (Å²) in [6.45, 7) is 2.07. The lowest BCUT2D eigenvalue weighted by Crippen LogP contribution is -2.22. The summed E-state index contributed by atoms with van der Waals surface area (Å²) in [4.78, 5) is 0. The third-order valence-electron chi connectivity index (χ3n) is 4.26. The zero-order chi connectivity index (χ0) is 17.5. The molecule has 0 saturated heterocycles. The highest BCUT2D eigenvalue weighted by Gasteiger charge is 2.08. The standard InChI is InChI=1S/C21H24N2O2/c1-25-20-11-9-18(10-12-20)21(24)15-22-14-19-8-5-13-23(19)16-17-6-3-2-4-7-17/h2-13,21-22,24H,14-16H2,1H3/t21-/m0/s1. The van der Waals surface area contributed by atoms with E-state index in [9.17, 15) is 5.11 Å². The second kappa shape index (κ2) is 8.51. The molecule has 0 amide bonds. The van der Waals surface area contributed by atoms with Crippen LogP contribution in [-0.2, 0) is 13.1 Å². The van der Waals surface area contributed by atoms with Gasteiger partial charge in [-0.15, -0.1) is 0 Å². The molecule has 0 aliphatic rings. The Balaban J connectivity index is 1.53. The van der Waals surface area contributed by atoms with Crippen molar-refractivity contribution in [2.24, 2.45) is 0 Å². The Bertz CT molecular complexity index is 766. The van der Waals surface area contributed by atoms with E-state index in [2.05, 4.69) is 52.5 Å². The first kappa shape index (κ1) is 17.3. The molecule has 0 saturated carbocycles. The first-order chi connectivity index (χ1) is 12.3. The number of aromatic nitrogens is 1. The predicted molar refractivity (Wildman–Crippen MR) is 99.6 cm³/mol. The highest BCUT2D eigenvalue weighted by atomic mass is 16.5. The molecule has 3 rings (SSSR count). The summed E-state index contributed by atoms with van der Waals surface area (Å²) in [5.74, 6) is 0.794. The second-order valence-electron chi connectivity index (χ2n) is 6.03. The van der Waals surface area contributed by atoms with Gasteiger partial charge in [0.2, 0.25) is 0 Å². The van der Waals surface area contributed by atoms with E-state index in [0.717, 1.165) is 17.9 Å². The van der Waals surface area contributed by atoms with Crippen LogP contribution in [-0.4, -0.2) is 23.3 Å². The van der Waals surface area contributed by atoms with Gasteiger partial charge in [0.05, 0.1) is 13.2 Å². The van der Waals surface area contributed by atoms with Gasteiger partial charge in [-0.1, -0.05) is 42.5 Å². The van der Waals surface area contributed by atoms with Crippen molar-refractivity contribution in [2.45, 2.75) is 19.2 Å². The Kier molecular flexibility index (Phi) is 5.88. The van der Waals surface area contributed by atoms with E-state index in [4.69, 9.17) is 4.74 Å².